The van der Waals surface area contributed by atoms with Crippen molar-refractivity contribution >= 4 is 17.6 Å². The molecule has 3 rings (SSSR count). The predicted molar refractivity (Wildman–Crippen MR) is 118 cm³/mol. The highest BCUT2D eigenvalue weighted by Gasteiger charge is 2.18. The Hall–Kier alpha value is -4.20. The Labute approximate surface area is 184 Å². The van der Waals surface area contributed by atoms with Gasteiger partial charge < -0.3 is 15.2 Å². The molecule has 1 atom stereocenters. The van der Waals surface area contributed by atoms with Crippen molar-refractivity contribution in [2.45, 2.75) is 25.8 Å². The highest BCUT2D eigenvalue weighted by molar-refractivity contribution is 5.96. The summed E-state index contributed by atoms with van der Waals surface area (Å²) in [6.07, 6.45) is 0.0761. The number of aliphatic carboxylic acids is 1. The lowest BCUT2D eigenvalue weighted by atomic mass is 10.0. The zero-order valence-electron chi connectivity index (χ0n) is 17.4. The lowest BCUT2D eigenvalue weighted by Crippen LogP contribution is -2.27. The average Bonchev–Trinajstić information content (AvgIpc) is 2.78. The molecule has 0 aliphatic rings. The van der Waals surface area contributed by atoms with Gasteiger partial charge >= 0.3 is 5.97 Å². The van der Waals surface area contributed by atoms with Gasteiger partial charge in [-0.25, -0.2) is 0 Å². The maximum Gasteiger partial charge on any atom is 0.303 e. The fourth-order valence-electron chi connectivity index (χ4n) is 3.16. The molecule has 3 aromatic rings. The van der Waals surface area contributed by atoms with Crippen LogP contribution in [0.2, 0.25) is 0 Å². The summed E-state index contributed by atoms with van der Waals surface area (Å²) in [4.78, 5) is 34.4. The van der Waals surface area contributed by atoms with Crippen molar-refractivity contribution in [1.29, 1.82) is 0 Å². The fourth-order valence-corrected chi connectivity index (χ4v) is 3.16. The van der Waals surface area contributed by atoms with Crippen molar-refractivity contribution < 1.29 is 24.4 Å². The number of nitro groups is 1. The molecule has 0 spiro atoms. The molecule has 0 bridgehead atoms. The SMILES string of the molecule is C[C@@H](NC(=O)c1cc(Oc2ccccc2)ccc1CCC(=O)O)c1ccc([N+](=O)[O-])cc1. The van der Waals surface area contributed by atoms with Crippen LogP contribution >= 0.6 is 0 Å². The van der Waals surface area contributed by atoms with Gasteiger partial charge in [0.1, 0.15) is 11.5 Å². The number of nitrogens with zero attached hydrogens (tertiary/aromatic N) is 1. The summed E-state index contributed by atoms with van der Waals surface area (Å²) >= 11 is 0. The van der Waals surface area contributed by atoms with Crippen molar-refractivity contribution in [3.8, 4) is 11.5 Å². The molecule has 0 radical (unpaired) electrons. The van der Waals surface area contributed by atoms with Crippen LogP contribution in [-0.4, -0.2) is 21.9 Å². The molecule has 3 aromatic carbocycles. The van der Waals surface area contributed by atoms with E-state index in [1.165, 1.54) is 12.1 Å². The number of carboxylic acids is 1. The van der Waals surface area contributed by atoms with Crippen LogP contribution in [-0.2, 0) is 11.2 Å². The van der Waals surface area contributed by atoms with Crippen LogP contribution in [0.1, 0.15) is 40.9 Å². The smallest absolute Gasteiger partial charge is 0.303 e. The zero-order valence-corrected chi connectivity index (χ0v) is 17.4. The van der Waals surface area contributed by atoms with Crippen LogP contribution in [0.3, 0.4) is 0 Å². The summed E-state index contributed by atoms with van der Waals surface area (Å²) in [6.45, 7) is 1.76. The van der Waals surface area contributed by atoms with Crippen molar-refractivity contribution in [1.82, 2.24) is 5.32 Å². The summed E-state index contributed by atoms with van der Waals surface area (Å²) in [6, 6.07) is 19.6. The molecule has 2 N–H and O–H groups in total. The average molecular weight is 434 g/mol. The summed E-state index contributed by atoms with van der Waals surface area (Å²) in [5, 5.41) is 22.7. The van der Waals surface area contributed by atoms with Gasteiger partial charge in [-0.3, -0.25) is 19.7 Å². The number of hydrogen-bond donors (Lipinski definition) is 2. The number of benzene rings is 3. The Morgan fingerprint density at radius 1 is 1.03 bits per heavy atom. The number of carboxylic acid groups (broad SMARTS) is 1. The quantitative estimate of drug-likeness (QED) is 0.365. The van der Waals surface area contributed by atoms with Crippen LogP contribution in [0.4, 0.5) is 5.69 Å². The normalized spacial score (nSPS) is 11.4. The first-order valence-corrected chi connectivity index (χ1v) is 9.96. The zero-order chi connectivity index (χ0) is 23.1. The number of ether oxygens (including phenoxy) is 1. The van der Waals surface area contributed by atoms with Crippen molar-refractivity contribution in [3.05, 3.63) is 99.6 Å². The first-order chi connectivity index (χ1) is 15.3. The van der Waals surface area contributed by atoms with Gasteiger partial charge in [0, 0.05) is 24.1 Å². The van der Waals surface area contributed by atoms with Crippen LogP contribution in [0, 0.1) is 10.1 Å². The Bertz CT molecular complexity index is 1110. The van der Waals surface area contributed by atoms with Gasteiger partial charge in [-0.05, 0) is 48.7 Å². The van der Waals surface area contributed by atoms with E-state index in [0.717, 1.165) is 0 Å². The standard InChI is InChI=1S/C24H22N2O6/c1-16(17-7-11-19(12-8-17)26(30)31)25-24(29)22-15-21(32-20-5-3-2-4-6-20)13-9-18(22)10-14-23(27)28/h2-9,11-13,15-16H,10,14H2,1H3,(H,25,29)(H,27,28)/t16-/m1/s1. The highest BCUT2D eigenvalue weighted by atomic mass is 16.6. The molecule has 0 aliphatic carbocycles. The van der Waals surface area contributed by atoms with Crippen LogP contribution in [0.5, 0.6) is 11.5 Å². The molecule has 0 unspecified atom stereocenters. The third-order valence-electron chi connectivity index (χ3n) is 4.86. The van der Waals surface area contributed by atoms with Gasteiger partial charge in [-0.2, -0.15) is 0 Å². The number of non-ortho nitro benzene ring substituents is 1. The molecule has 164 valence electrons. The van der Waals surface area contributed by atoms with E-state index in [2.05, 4.69) is 5.32 Å². The second-order valence-corrected chi connectivity index (χ2v) is 7.17. The molecular weight excluding hydrogens is 412 g/mol. The highest BCUT2D eigenvalue weighted by Crippen LogP contribution is 2.26. The maximum atomic E-state index is 13.1. The first-order valence-electron chi connectivity index (χ1n) is 9.96. The van der Waals surface area contributed by atoms with Crippen LogP contribution in [0.25, 0.3) is 0 Å². The lowest BCUT2D eigenvalue weighted by molar-refractivity contribution is -0.384. The van der Waals surface area contributed by atoms with Crippen molar-refractivity contribution in [3.63, 3.8) is 0 Å². The molecule has 0 aromatic heterocycles. The van der Waals surface area contributed by atoms with E-state index in [9.17, 15) is 19.7 Å². The molecular formula is C24H22N2O6. The molecule has 0 saturated carbocycles. The monoisotopic (exact) mass is 434 g/mol. The van der Waals surface area contributed by atoms with Crippen molar-refractivity contribution in [2.24, 2.45) is 0 Å². The number of rotatable bonds is 9. The second-order valence-electron chi connectivity index (χ2n) is 7.17. The van der Waals surface area contributed by atoms with E-state index < -0.39 is 22.8 Å². The van der Waals surface area contributed by atoms with Crippen molar-refractivity contribution in [2.75, 3.05) is 0 Å². The summed E-state index contributed by atoms with van der Waals surface area (Å²) in [5.41, 5.74) is 1.57. The second kappa shape index (κ2) is 10.2. The van der Waals surface area contributed by atoms with E-state index >= 15 is 0 Å². The molecule has 0 heterocycles. The Morgan fingerprint density at radius 3 is 2.34 bits per heavy atom. The van der Waals surface area contributed by atoms with Gasteiger partial charge in [0.25, 0.3) is 11.6 Å². The molecule has 0 saturated heterocycles. The third kappa shape index (κ3) is 5.91. The lowest BCUT2D eigenvalue weighted by Gasteiger charge is -2.17. The Balaban J connectivity index is 1.82. The summed E-state index contributed by atoms with van der Waals surface area (Å²) < 4.78 is 5.81. The molecule has 0 aliphatic heterocycles. The minimum atomic E-state index is -0.958. The third-order valence-corrected chi connectivity index (χ3v) is 4.86. The number of carbonyl (C=O) groups excluding carboxylic acids is 1. The molecule has 8 nitrogen and oxygen atoms in total. The van der Waals surface area contributed by atoms with Gasteiger partial charge in [0.15, 0.2) is 0 Å². The number of amides is 1. The van der Waals surface area contributed by atoms with Gasteiger partial charge in [-0.15, -0.1) is 0 Å². The number of aryl methyl sites for hydroxylation is 1. The number of hydrogen-bond acceptors (Lipinski definition) is 5. The number of nitrogens with one attached hydrogen (secondary N) is 1. The molecule has 32 heavy (non-hydrogen) atoms. The molecule has 8 heteroatoms. The van der Waals surface area contributed by atoms with Crippen LogP contribution in [0.15, 0.2) is 72.8 Å². The minimum absolute atomic E-state index is 0.0333. The summed E-state index contributed by atoms with van der Waals surface area (Å²) in [7, 11) is 0. The fraction of sp³-hybridized carbons (Fsp3) is 0.167. The first kappa shape index (κ1) is 22.5. The number of carbonyl (C=O) groups is 2. The maximum absolute atomic E-state index is 13.1. The van der Waals surface area contributed by atoms with Gasteiger partial charge in [0.2, 0.25) is 0 Å². The molecule has 0 fully saturated rings. The van der Waals surface area contributed by atoms with E-state index in [0.29, 0.717) is 28.2 Å². The number of nitro benzene ring substituents is 1. The van der Waals surface area contributed by atoms with Gasteiger partial charge in [0.05, 0.1) is 11.0 Å². The molecule has 1 amide bonds. The van der Waals surface area contributed by atoms with E-state index in [1.807, 2.05) is 18.2 Å². The Kier molecular flexibility index (Phi) is 7.17. The number of para-hydroxylation sites is 1. The topological polar surface area (TPSA) is 119 Å². The van der Waals surface area contributed by atoms with E-state index in [-0.39, 0.29) is 18.5 Å². The van der Waals surface area contributed by atoms with Crippen LogP contribution < -0.4 is 10.1 Å². The van der Waals surface area contributed by atoms with E-state index in [1.54, 1.807) is 49.4 Å². The van der Waals surface area contributed by atoms with Gasteiger partial charge in [-0.1, -0.05) is 36.4 Å². The largest absolute Gasteiger partial charge is 0.481 e. The Morgan fingerprint density at radius 2 is 1.72 bits per heavy atom. The minimum Gasteiger partial charge on any atom is -0.481 e. The predicted octanol–water partition coefficient (Wildman–Crippen LogP) is 4.90. The van der Waals surface area contributed by atoms with E-state index in [4.69, 9.17) is 9.84 Å². The summed E-state index contributed by atoms with van der Waals surface area (Å²) in [5.74, 6) is -0.297.